The molecule has 1 saturated heterocycles. The monoisotopic (exact) mass is 274 g/mol. The largest absolute Gasteiger partial charge is 0.314 e. The zero-order chi connectivity index (χ0) is 12.6. The zero-order valence-corrected chi connectivity index (χ0v) is 12.0. The van der Waals surface area contributed by atoms with Gasteiger partial charge in [-0.1, -0.05) is 0 Å². The molecule has 1 fully saturated rings. The van der Waals surface area contributed by atoms with Crippen LogP contribution in [-0.2, 0) is 10.0 Å². The Kier molecular flexibility index (Phi) is 3.58. The van der Waals surface area contributed by atoms with E-state index in [9.17, 15) is 8.42 Å². The van der Waals surface area contributed by atoms with Crippen LogP contribution in [0.4, 0.5) is 0 Å². The Morgan fingerprint density at radius 1 is 1.47 bits per heavy atom. The minimum atomic E-state index is -3.32. The molecule has 6 heteroatoms. The van der Waals surface area contributed by atoms with Crippen LogP contribution >= 0.6 is 11.3 Å². The van der Waals surface area contributed by atoms with Gasteiger partial charge in [-0.2, -0.15) is 4.31 Å². The highest BCUT2D eigenvalue weighted by atomic mass is 32.2. The second kappa shape index (κ2) is 4.68. The van der Waals surface area contributed by atoms with Crippen LogP contribution < -0.4 is 5.32 Å². The van der Waals surface area contributed by atoms with E-state index < -0.39 is 10.0 Å². The molecule has 0 unspecified atom stereocenters. The predicted molar refractivity (Wildman–Crippen MR) is 70.0 cm³/mol. The summed E-state index contributed by atoms with van der Waals surface area (Å²) >= 11 is 1.54. The van der Waals surface area contributed by atoms with Crippen molar-refractivity contribution >= 4 is 21.4 Å². The first-order valence-corrected chi connectivity index (χ1v) is 7.98. The Balaban J connectivity index is 2.39. The predicted octanol–water partition coefficient (Wildman–Crippen LogP) is 1.35. The van der Waals surface area contributed by atoms with Gasteiger partial charge in [0, 0.05) is 35.4 Å². The number of piperazine rings is 1. The van der Waals surface area contributed by atoms with Gasteiger partial charge in [0.15, 0.2) is 0 Å². The van der Waals surface area contributed by atoms with E-state index in [4.69, 9.17) is 0 Å². The van der Waals surface area contributed by atoms with E-state index in [1.165, 1.54) is 11.3 Å². The molecule has 4 nitrogen and oxygen atoms in total. The second-order valence-electron chi connectivity index (χ2n) is 4.45. The van der Waals surface area contributed by atoms with Gasteiger partial charge < -0.3 is 5.32 Å². The third-order valence-electron chi connectivity index (χ3n) is 3.02. The van der Waals surface area contributed by atoms with Crippen LogP contribution in [0.1, 0.15) is 16.7 Å². The molecule has 0 bridgehead atoms. The van der Waals surface area contributed by atoms with Gasteiger partial charge in [-0.05, 0) is 26.8 Å². The molecule has 1 N–H and O–H groups in total. The molecule has 0 spiro atoms. The number of hydrogen-bond donors (Lipinski definition) is 1. The van der Waals surface area contributed by atoms with Crippen LogP contribution in [0.15, 0.2) is 11.0 Å². The number of thiophene rings is 1. The fourth-order valence-electron chi connectivity index (χ4n) is 2.17. The summed E-state index contributed by atoms with van der Waals surface area (Å²) in [7, 11) is -3.32. The number of sulfonamides is 1. The van der Waals surface area contributed by atoms with Crippen molar-refractivity contribution in [2.24, 2.45) is 0 Å². The molecule has 2 heterocycles. The molecule has 0 saturated carbocycles. The number of aryl methyl sites for hydroxylation is 2. The molecule has 0 radical (unpaired) electrons. The maximum absolute atomic E-state index is 12.5. The molecular formula is C11H18N2O2S2. The fraction of sp³-hybridized carbons (Fsp3) is 0.636. The first-order valence-electron chi connectivity index (χ1n) is 5.72. The average molecular weight is 274 g/mol. The van der Waals surface area contributed by atoms with E-state index in [-0.39, 0.29) is 6.04 Å². The van der Waals surface area contributed by atoms with Crippen LogP contribution in [0.25, 0.3) is 0 Å². The summed E-state index contributed by atoms with van der Waals surface area (Å²) in [6, 6.07) is 1.80. The standard InChI is InChI=1S/C11H18N2O2S2/c1-8-7-12-4-5-13(8)17(14,15)11-6-9(2)16-10(11)3/h6,8,12H,4-5,7H2,1-3H3/t8-/m0/s1. The Morgan fingerprint density at radius 2 is 2.18 bits per heavy atom. The maximum atomic E-state index is 12.5. The Morgan fingerprint density at radius 3 is 2.71 bits per heavy atom. The van der Waals surface area contributed by atoms with E-state index in [1.807, 2.05) is 20.8 Å². The Hall–Kier alpha value is -0.430. The van der Waals surface area contributed by atoms with Crippen LogP contribution in [0.5, 0.6) is 0 Å². The molecule has 0 amide bonds. The van der Waals surface area contributed by atoms with E-state index in [0.29, 0.717) is 11.4 Å². The minimum absolute atomic E-state index is 0.0216. The van der Waals surface area contributed by atoms with E-state index in [1.54, 1.807) is 10.4 Å². The highest BCUT2D eigenvalue weighted by molar-refractivity contribution is 7.89. The van der Waals surface area contributed by atoms with Crippen molar-refractivity contribution in [3.8, 4) is 0 Å². The lowest BCUT2D eigenvalue weighted by atomic mass is 10.3. The normalized spacial score (nSPS) is 22.9. The molecule has 96 valence electrons. The molecule has 17 heavy (non-hydrogen) atoms. The van der Waals surface area contributed by atoms with Gasteiger partial charge in [-0.3, -0.25) is 0 Å². The quantitative estimate of drug-likeness (QED) is 0.885. The molecule has 1 atom stereocenters. The average Bonchev–Trinajstić information content (AvgIpc) is 2.59. The summed E-state index contributed by atoms with van der Waals surface area (Å²) in [5.74, 6) is 0. The molecule has 2 rings (SSSR count). The van der Waals surface area contributed by atoms with Crippen LogP contribution in [0.3, 0.4) is 0 Å². The van der Waals surface area contributed by atoms with Gasteiger partial charge in [0.1, 0.15) is 0 Å². The lowest BCUT2D eigenvalue weighted by Gasteiger charge is -2.32. The third-order valence-corrected chi connectivity index (χ3v) is 6.26. The van der Waals surface area contributed by atoms with E-state index >= 15 is 0 Å². The van der Waals surface area contributed by atoms with Gasteiger partial charge in [-0.25, -0.2) is 8.42 Å². The van der Waals surface area contributed by atoms with Gasteiger partial charge in [-0.15, -0.1) is 11.3 Å². The first-order chi connectivity index (χ1) is 7.93. The summed E-state index contributed by atoms with van der Waals surface area (Å²) in [5.41, 5.74) is 0. The van der Waals surface area contributed by atoms with E-state index in [2.05, 4.69) is 5.32 Å². The number of rotatable bonds is 2. The van der Waals surface area contributed by atoms with Crippen molar-refractivity contribution in [2.75, 3.05) is 19.6 Å². The van der Waals surface area contributed by atoms with Crippen molar-refractivity contribution in [2.45, 2.75) is 31.7 Å². The molecule has 0 aromatic carbocycles. The van der Waals surface area contributed by atoms with Crippen molar-refractivity contribution < 1.29 is 8.42 Å². The van der Waals surface area contributed by atoms with Crippen LogP contribution in [-0.4, -0.2) is 38.4 Å². The molecule has 0 aliphatic carbocycles. The van der Waals surface area contributed by atoms with Gasteiger partial charge in [0.25, 0.3) is 0 Å². The van der Waals surface area contributed by atoms with Crippen LogP contribution in [0.2, 0.25) is 0 Å². The highest BCUT2D eigenvalue weighted by Crippen LogP contribution is 2.28. The third kappa shape index (κ3) is 2.40. The first kappa shape index (κ1) is 13.0. The molecule has 1 aromatic heterocycles. The van der Waals surface area contributed by atoms with Crippen molar-refractivity contribution in [3.63, 3.8) is 0 Å². The molecule has 1 aromatic rings. The zero-order valence-electron chi connectivity index (χ0n) is 10.4. The lowest BCUT2D eigenvalue weighted by molar-refractivity contribution is 0.284. The molecule has 1 aliphatic rings. The van der Waals surface area contributed by atoms with E-state index in [0.717, 1.165) is 22.8 Å². The van der Waals surface area contributed by atoms with Crippen molar-refractivity contribution in [1.29, 1.82) is 0 Å². The second-order valence-corrected chi connectivity index (χ2v) is 7.77. The Labute approximate surface area is 107 Å². The van der Waals surface area contributed by atoms with Crippen molar-refractivity contribution in [1.82, 2.24) is 9.62 Å². The number of hydrogen-bond acceptors (Lipinski definition) is 4. The molecule has 1 aliphatic heterocycles. The summed E-state index contributed by atoms with van der Waals surface area (Å²) in [4.78, 5) is 2.41. The summed E-state index contributed by atoms with van der Waals surface area (Å²) < 4.78 is 26.7. The summed E-state index contributed by atoms with van der Waals surface area (Å²) in [6.45, 7) is 7.76. The summed E-state index contributed by atoms with van der Waals surface area (Å²) in [6.07, 6.45) is 0. The fourth-order valence-corrected chi connectivity index (χ4v) is 5.33. The Bertz CT molecular complexity index is 508. The van der Waals surface area contributed by atoms with Gasteiger partial charge in [0.2, 0.25) is 10.0 Å². The summed E-state index contributed by atoms with van der Waals surface area (Å²) in [5, 5.41) is 3.20. The van der Waals surface area contributed by atoms with Gasteiger partial charge >= 0.3 is 0 Å². The van der Waals surface area contributed by atoms with Crippen molar-refractivity contribution in [3.05, 3.63) is 15.8 Å². The topological polar surface area (TPSA) is 49.4 Å². The smallest absolute Gasteiger partial charge is 0.244 e. The van der Waals surface area contributed by atoms with Crippen LogP contribution in [0, 0.1) is 13.8 Å². The number of nitrogens with zero attached hydrogens (tertiary/aromatic N) is 1. The minimum Gasteiger partial charge on any atom is -0.314 e. The molecular weight excluding hydrogens is 256 g/mol. The SMILES string of the molecule is Cc1cc(S(=O)(=O)N2CCNC[C@@H]2C)c(C)s1. The maximum Gasteiger partial charge on any atom is 0.244 e. The number of nitrogens with one attached hydrogen (secondary N) is 1. The highest BCUT2D eigenvalue weighted by Gasteiger charge is 2.32. The van der Waals surface area contributed by atoms with Gasteiger partial charge in [0.05, 0.1) is 4.90 Å². The lowest BCUT2D eigenvalue weighted by Crippen LogP contribution is -2.52.